The summed E-state index contributed by atoms with van der Waals surface area (Å²) in [6.07, 6.45) is 2.79. The second kappa shape index (κ2) is 5.03. The van der Waals surface area contributed by atoms with Crippen molar-refractivity contribution in [2.24, 2.45) is 0 Å². The summed E-state index contributed by atoms with van der Waals surface area (Å²) in [6, 6.07) is 6.43. The van der Waals surface area contributed by atoms with E-state index < -0.39 is 16.4 Å². The molecule has 0 spiro atoms. The van der Waals surface area contributed by atoms with Gasteiger partial charge >= 0.3 is 0 Å². The van der Waals surface area contributed by atoms with Gasteiger partial charge in [0.25, 0.3) is 0 Å². The van der Waals surface area contributed by atoms with Crippen LogP contribution in [0.1, 0.15) is 31.2 Å². The summed E-state index contributed by atoms with van der Waals surface area (Å²) in [7, 11) is 0. The van der Waals surface area contributed by atoms with E-state index in [1.165, 1.54) is 17.1 Å². The van der Waals surface area contributed by atoms with E-state index in [0.717, 1.165) is 0 Å². The van der Waals surface area contributed by atoms with Crippen molar-refractivity contribution < 1.29 is 9.50 Å². The number of aliphatic hydroxyl groups is 1. The fourth-order valence-corrected chi connectivity index (χ4v) is 3.11. The number of nitrogens with zero attached hydrogens (tertiary/aromatic N) is 4. The lowest BCUT2D eigenvalue weighted by molar-refractivity contribution is -0.0154. The molecule has 1 aromatic heterocycles. The third-order valence-corrected chi connectivity index (χ3v) is 5.05. The summed E-state index contributed by atoms with van der Waals surface area (Å²) < 4.78 is 15.5. The smallest absolute Gasteiger partial charge is 0.138 e. The molecule has 1 aliphatic carbocycles. The molecule has 0 saturated heterocycles. The molecular formula is C14H16ClFN4O. The largest absolute Gasteiger partial charge is 0.385 e. The van der Waals surface area contributed by atoms with Crippen molar-refractivity contribution in [2.45, 2.75) is 42.7 Å². The van der Waals surface area contributed by atoms with Crippen LogP contribution in [0.5, 0.6) is 0 Å². The predicted molar refractivity (Wildman–Crippen MR) is 75.4 cm³/mol. The van der Waals surface area contributed by atoms with Crippen LogP contribution in [0, 0.1) is 5.82 Å². The molecule has 0 aliphatic heterocycles. The van der Waals surface area contributed by atoms with Crippen LogP contribution >= 0.6 is 11.6 Å². The van der Waals surface area contributed by atoms with Gasteiger partial charge in [-0.25, -0.2) is 9.07 Å². The number of rotatable bonds is 5. The fourth-order valence-electron chi connectivity index (χ4n) is 2.79. The highest BCUT2D eigenvalue weighted by atomic mass is 35.5. The van der Waals surface area contributed by atoms with Crippen molar-refractivity contribution >= 4 is 11.6 Å². The standard InChI is InChI=1S/C14H16ClFN4O/c1-10(11-4-2-3-5-12(11)16)14(21,13(15)6-7-13)8-20-9-17-18-19-20/h2-5,9-10,21H,6-8H2,1H3. The normalized spacial score (nSPS) is 20.8. The first-order valence-corrected chi connectivity index (χ1v) is 7.20. The number of hydrogen-bond acceptors (Lipinski definition) is 4. The van der Waals surface area contributed by atoms with Crippen LogP contribution < -0.4 is 0 Å². The van der Waals surface area contributed by atoms with Crippen molar-refractivity contribution in [1.82, 2.24) is 20.2 Å². The average Bonchev–Trinajstić information content (AvgIpc) is 3.02. The molecule has 7 heteroatoms. The topological polar surface area (TPSA) is 63.8 Å². The van der Waals surface area contributed by atoms with Crippen LogP contribution in [-0.4, -0.2) is 35.8 Å². The maximum absolute atomic E-state index is 14.1. The zero-order chi connectivity index (χ0) is 15.1. The van der Waals surface area contributed by atoms with Gasteiger partial charge in [-0.1, -0.05) is 25.1 Å². The minimum absolute atomic E-state index is 0.124. The molecule has 1 aliphatic rings. The Hall–Kier alpha value is -1.53. The first kappa shape index (κ1) is 14.4. The van der Waals surface area contributed by atoms with E-state index in [9.17, 15) is 9.50 Å². The summed E-state index contributed by atoms with van der Waals surface area (Å²) in [6.45, 7) is 1.91. The Bertz CT molecular complexity index is 632. The molecule has 2 atom stereocenters. The number of aromatic nitrogens is 4. The quantitative estimate of drug-likeness (QED) is 0.859. The maximum Gasteiger partial charge on any atom is 0.138 e. The van der Waals surface area contributed by atoms with E-state index in [-0.39, 0.29) is 12.4 Å². The average molecular weight is 311 g/mol. The van der Waals surface area contributed by atoms with Gasteiger partial charge in [0, 0.05) is 5.92 Å². The van der Waals surface area contributed by atoms with Gasteiger partial charge in [-0.15, -0.1) is 16.7 Å². The van der Waals surface area contributed by atoms with E-state index in [4.69, 9.17) is 11.6 Å². The number of benzene rings is 1. The van der Waals surface area contributed by atoms with E-state index in [0.29, 0.717) is 18.4 Å². The minimum Gasteiger partial charge on any atom is -0.385 e. The summed E-state index contributed by atoms with van der Waals surface area (Å²) in [5, 5.41) is 22.1. The Morgan fingerprint density at radius 1 is 1.48 bits per heavy atom. The molecule has 0 radical (unpaired) electrons. The minimum atomic E-state index is -1.33. The highest BCUT2D eigenvalue weighted by molar-refractivity contribution is 6.26. The lowest BCUT2D eigenvalue weighted by Crippen LogP contribution is -2.49. The van der Waals surface area contributed by atoms with Crippen LogP contribution in [0.4, 0.5) is 4.39 Å². The van der Waals surface area contributed by atoms with E-state index in [2.05, 4.69) is 15.5 Å². The zero-order valence-corrected chi connectivity index (χ0v) is 12.3. The van der Waals surface area contributed by atoms with Gasteiger partial charge in [0.15, 0.2) is 0 Å². The Balaban J connectivity index is 1.98. The number of alkyl halides is 1. The SMILES string of the molecule is CC(c1ccccc1F)C(O)(Cn1cnnn1)C1(Cl)CC1. The van der Waals surface area contributed by atoms with Gasteiger partial charge in [-0.3, -0.25) is 0 Å². The molecule has 1 saturated carbocycles. The molecule has 21 heavy (non-hydrogen) atoms. The molecule has 3 rings (SSSR count). The Morgan fingerprint density at radius 3 is 2.76 bits per heavy atom. The van der Waals surface area contributed by atoms with Crippen LogP contribution in [-0.2, 0) is 6.54 Å². The molecule has 1 N–H and O–H groups in total. The first-order chi connectivity index (χ1) is 9.96. The second-order valence-electron chi connectivity index (χ2n) is 5.64. The van der Waals surface area contributed by atoms with Crippen molar-refractivity contribution in [3.8, 4) is 0 Å². The molecular weight excluding hydrogens is 295 g/mol. The zero-order valence-electron chi connectivity index (χ0n) is 11.6. The van der Waals surface area contributed by atoms with Crippen molar-refractivity contribution in [3.05, 3.63) is 42.0 Å². The number of hydrogen-bond donors (Lipinski definition) is 1. The highest BCUT2D eigenvalue weighted by Gasteiger charge is 2.61. The fraction of sp³-hybridized carbons (Fsp3) is 0.500. The van der Waals surface area contributed by atoms with Gasteiger partial charge in [0.1, 0.15) is 17.7 Å². The van der Waals surface area contributed by atoms with Gasteiger partial charge in [0.05, 0.1) is 11.4 Å². The Labute approximate surface area is 126 Å². The van der Waals surface area contributed by atoms with Gasteiger partial charge < -0.3 is 5.11 Å². The third kappa shape index (κ3) is 2.42. The van der Waals surface area contributed by atoms with Crippen molar-refractivity contribution in [2.75, 3.05) is 0 Å². The van der Waals surface area contributed by atoms with E-state index in [1.807, 2.05) is 0 Å². The molecule has 1 fully saturated rings. The summed E-state index contributed by atoms with van der Waals surface area (Å²) in [4.78, 5) is -0.763. The van der Waals surface area contributed by atoms with Gasteiger partial charge in [0.2, 0.25) is 0 Å². The maximum atomic E-state index is 14.1. The lowest BCUT2D eigenvalue weighted by atomic mass is 9.79. The predicted octanol–water partition coefficient (Wildman–Crippen LogP) is 2.12. The van der Waals surface area contributed by atoms with Crippen LogP contribution in [0.15, 0.2) is 30.6 Å². The van der Waals surface area contributed by atoms with Crippen LogP contribution in [0.3, 0.4) is 0 Å². The molecule has 2 aromatic rings. The first-order valence-electron chi connectivity index (χ1n) is 6.83. The van der Waals surface area contributed by atoms with Gasteiger partial charge in [-0.05, 0) is 34.9 Å². The van der Waals surface area contributed by atoms with E-state index >= 15 is 0 Å². The molecule has 112 valence electrons. The molecule has 2 unspecified atom stereocenters. The summed E-state index contributed by atoms with van der Waals surface area (Å²) in [5.74, 6) is -0.830. The van der Waals surface area contributed by atoms with Gasteiger partial charge in [-0.2, -0.15) is 0 Å². The molecule has 0 amide bonds. The third-order valence-electron chi connectivity index (χ3n) is 4.35. The molecule has 0 bridgehead atoms. The molecule has 5 nitrogen and oxygen atoms in total. The summed E-state index contributed by atoms with van der Waals surface area (Å²) >= 11 is 6.51. The lowest BCUT2D eigenvalue weighted by Gasteiger charge is -2.38. The monoisotopic (exact) mass is 310 g/mol. The Morgan fingerprint density at radius 2 is 2.19 bits per heavy atom. The van der Waals surface area contributed by atoms with Crippen molar-refractivity contribution in [1.29, 1.82) is 0 Å². The second-order valence-corrected chi connectivity index (χ2v) is 6.36. The van der Waals surface area contributed by atoms with E-state index in [1.54, 1.807) is 25.1 Å². The highest BCUT2D eigenvalue weighted by Crippen LogP contribution is 2.56. The van der Waals surface area contributed by atoms with Crippen LogP contribution in [0.25, 0.3) is 0 Å². The molecule has 1 heterocycles. The Kier molecular flexibility index (Phi) is 3.45. The van der Waals surface area contributed by atoms with Crippen molar-refractivity contribution in [3.63, 3.8) is 0 Å². The number of halogens is 2. The number of tetrazole rings is 1. The summed E-state index contributed by atoms with van der Waals surface area (Å²) in [5.41, 5.74) is -0.883. The van der Waals surface area contributed by atoms with Crippen LogP contribution in [0.2, 0.25) is 0 Å². The molecule has 1 aromatic carbocycles.